The molecule has 0 aliphatic carbocycles. The van der Waals surface area contributed by atoms with Crippen LogP contribution in [0.1, 0.15) is 16.8 Å². The number of carboxylic acids is 1. The van der Waals surface area contributed by atoms with Crippen LogP contribution < -0.4 is 4.90 Å². The van der Waals surface area contributed by atoms with Gasteiger partial charge in [-0.15, -0.1) is 0 Å². The molecule has 5 nitrogen and oxygen atoms in total. The van der Waals surface area contributed by atoms with Crippen LogP contribution in [0.5, 0.6) is 0 Å². The van der Waals surface area contributed by atoms with E-state index in [1.54, 1.807) is 24.1 Å². The molecule has 1 N–H and O–H groups in total. The average molecular weight is 263 g/mol. The smallest absolute Gasteiger partial charge is 0.336 e. The van der Waals surface area contributed by atoms with Gasteiger partial charge in [-0.05, 0) is 18.6 Å². The molecule has 6 heteroatoms. The summed E-state index contributed by atoms with van der Waals surface area (Å²) in [5.41, 5.74) is 0.743. The Labute approximate surface area is 109 Å². The van der Waals surface area contributed by atoms with E-state index >= 15 is 0 Å². The molecule has 1 aromatic carbocycles. The van der Waals surface area contributed by atoms with Gasteiger partial charge in [-0.3, -0.25) is 4.39 Å². The van der Waals surface area contributed by atoms with Crippen molar-refractivity contribution < 1.29 is 14.3 Å². The van der Waals surface area contributed by atoms with Crippen LogP contribution in [0.2, 0.25) is 0 Å². The number of fused-ring (bicyclic) bond motifs is 1. The minimum absolute atomic E-state index is 0.176. The van der Waals surface area contributed by atoms with E-state index in [0.29, 0.717) is 29.8 Å². The van der Waals surface area contributed by atoms with Crippen molar-refractivity contribution in [3.63, 3.8) is 0 Å². The Kier molecular flexibility index (Phi) is 3.89. The minimum atomic E-state index is -1.01. The second-order valence-electron chi connectivity index (χ2n) is 4.18. The van der Waals surface area contributed by atoms with E-state index < -0.39 is 5.97 Å². The maximum atomic E-state index is 12.1. The molecular formula is C13H14FN3O2. The summed E-state index contributed by atoms with van der Waals surface area (Å²) in [6.07, 6.45) is 1.90. The summed E-state index contributed by atoms with van der Waals surface area (Å²) in [7, 11) is 1.78. The fraction of sp³-hybridized carbons (Fsp3) is 0.308. The Bertz CT molecular complexity index is 603. The highest BCUT2D eigenvalue weighted by atomic mass is 19.1. The molecule has 1 heterocycles. The fourth-order valence-corrected chi connectivity index (χ4v) is 1.81. The van der Waals surface area contributed by atoms with Crippen molar-refractivity contribution in [2.75, 3.05) is 25.2 Å². The van der Waals surface area contributed by atoms with E-state index in [2.05, 4.69) is 9.97 Å². The molecule has 0 fully saturated rings. The van der Waals surface area contributed by atoms with Gasteiger partial charge in [0.05, 0.1) is 17.8 Å². The third-order valence-corrected chi connectivity index (χ3v) is 2.81. The Hall–Kier alpha value is -2.24. The van der Waals surface area contributed by atoms with Crippen molar-refractivity contribution in [1.82, 2.24) is 9.97 Å². The summed E-state index contributed by atoms with van der Waals surface area (Å²) < 4.78 is 12.1. The summed E-state index contributed by atoms with van der Waals surface area (Å²) in [6, 6.07) is 4.89. The van der Waals surface area contributed by atoms with Crippen LogP contribution in [0.3, 0.4) is 0 Å². The lowest BCUT2D eigenvalue weighted by molar-refractivity contribution is 0.0699. The molecule has 2 rings (SSSR count). The van der Waals surface area contributed by atoms with Gasteiger partial charge in [-0.25, -0.2) is 14.8 Å². The molecule has 0 amide bonds. The lowest BCUT2D eigenvalue weighted by Crippen LogP contribution is -2.21. The quantitative estimate of drug-likeness (QED) is 0.895. The van der Waals surface area contributed by atoms with Crippen LogP contribution in [0.15, 0.2) is 24.4 Å². The number of hydrogen-bond donors (Lipinski definition) is 1. The highest BCUT2D eigenvalue weighted by Crippen LogP contribution is 2.18. The Morgan fingerprint density at radius 2 is 2.26 bits per heavy atom. The van der Waals surface area contributed by atoms with Gasteiger partial charge in [-0.1, -0.05) is 6.07 Å². The van der Waals surface area contributed by atoms with Crippen LogP contribution in [-0.2, 0) is 0 Å². The lowest BCUT2D eigenvalue weighted by Gasteiger charge is -2.16. The topological polar surface area (TPSA) is 66.3 Å². The van der Waals surface area contributed by atoms with Crippen LogP contribution in [0, 0.1) is 0 Å². The van der Waals surface area contributed by atoms with E-state index in [0.717, 1.165) is 0 Å². The van der Waals surface area contributed by atoms with Gasteiger partial charge in [0, 0.05) is 25.2 Å². The molecule has 0 bridgehead atoms. The third-order valence-electron chi connectivity index (χ3n) is 2.81. The minimum Gasteiger partial charge on any atom is -0.478 e. The second-order valence-corrected chi connectivity index (χ2v) is 4.18. The Morgan fingerprint density at radius 1 is 1.47 bits per heavy atom. The molecule has 0 radical (unpaired) electrons. The maximum Gasteiger partial charge on any atom is 0.336 e. The van der Waals surface area contributed by atoms with Gasteiger partial charge in [0.1, 0.15) is 0 Å². The summed E-state index contributed by atoms with van der Waals surface area (Å²) in [5.74, 6) is -0.545. The highest BCUT2D eigenvalue weighted by Gasteiger charge is 2.11. The largest absolute Gasteiger partial charge is 0.478 e. The molecule has 0 aliphatic heterocycles. The number of benzene rings is 1. The van der Waals surface area contributed by atoms with E-state index in [4.69, 9.17) is 5.11 Å². The maximum absolute atomic E-state index is 12.1. The lowest BCUT2D eigenvalue weighted by atomic mass is 10.1. The molecule has 1 aromatic heterocycles. The monoisotopic (exact) mass is 263 g/mol. The van der Waals surface area contributed by atoms with E-state index in [-0.39, 0.29) is 12.2 Å². The predicted molar refractivity (Wildman–Crippen MR) is 70.4 cm³/mol. The van der Waals surface area contributed by atoms with Crippen molar-refractivity contribution >= 4 is 22.8 Å². The number of carboxylic acid groups (broad SMARTS) is 1. The van der Waals surface area contributed by atoms with Crippen molar-refractivity contribution in [1.29, 1.82) is 0 Å². The van der Waals surface area contributed by atoms with Crippen LogP contribution in [0.4, 0.5) is 10.3 Å². The molecule has 0 saturated carbocycles. The van der Waals surface area contributed by atoms with E-state index in [1.807, 2.05) is 0 Å². The first-order valence-electron chi connectivity index (χ1n) is 5.89. The molecular weight excluding hydrogens is 249 g/mol. The average Bonchev–Trinajstić information content (AvgIpc) is 2.43. The number of aromatic nitrogens is 2. The van der Waals surface area contributed by atoms with Gasteiger partial charge < -0.3 is 10.0 Å². The zero-order valence-corrected chi connectivity index (χ0v) is 10.5. The summed E-state index contributed by atoms with van der Waals surface area (Å²) in [6.45, 7) is 0.127. The van der Waals surface area contributed by atoms with Crippen molar-refractivity contribution in [3.8, 4) is 0 Å². The number of hydrogen-bond acceptors (Lipinski definition) is 4. The number of aromatic carboxylic acids is 1. The second kappa shape index (κ2) is 5.60. The summed E-state index contributed by atoms with van der Waals surface area (Å²) >= 11 is 0. The molecule has 2 aromatic rings. The molecule has 0 aliphatic rings. The van der Waals surface area contributed by atoms with Crippen LogP contribution in [0.25, 0.3) is 10.9 Å². The number of rotatable bonds is 5. The van der Waals surface area contributed by atoms with Crippen molar-refractivity contribution in [2.45, 2.75) is 6.42 Å². The standard InChI is InChI=1S/C13H14FN3O2/c1-17(7-3-6-14)13-15-8-10-9(12(18)19)4-2-5-11(10)16-13/h2,4-5,8H,3,6-7H2,1H3,(H,18,19). The van der Waals surface area contributed by atoms with Crippen molar-refractivity contribution in [3.05, 3.63) is 30.0 Å². The zero-order chi connectivity index (χ0) is 13.8. The van der Waals surface area contributed by atoms with Gasteiger partial charge in [0.25, 0.3) is 0 Å². The van der Waals surface area contributed by atoms with Gasteiger partial charge in [0.15, 0.2) is 0 Å². The van der Waals surface area contributed by atoms with E-state index in [1.165, 1.54) is 12.3 Å². The van der Waals surface area contributed by atoms with Crippen molar-refractivity contribution in [2.24, 2.45) is 0 Å². The normalized spacial score (nSPS) is 10.6. The molecule has 19 heavy (non-hydrogen) atoms. The highest BCUT2D eigenvalue weighted by molar-refractivity contribution is 6.02. The molecule has 100 valence electrons. The predicted octanol–water partition coefficient (Wildman–Crippen LogP) is 2.12. The first-order valence-corrected chi connectivity index (χ1v) is 5.89. The molecule has 0 saturated heterocycles. The Balaban J connectivity index is 2.39. The fourth-order valence-electron chi connectivity index (χ4n) is 1.81. The first-order chi connectivity index (χ1) is 9.13. The van der Waals surface area contributed by atoms with Gasteiger partial charge >= 0.3 is 5.97 Å². The SMILES string of the molecule is CN(CCCF)c1ncc2c(C(=O)O)cccc2n1. The number of halogens is 1. The zero-order valence-electron chi connectivity index (χ0n) is 10.5. The number of anilines is 1. The molecule has 0 spiro atoms. The van der Waals surface area contributed by atoms with Gasteiger partial charge in [-0.2, -0.15) is 0 Å². The first kappa shape index (κ1) is 13.2. The van der Waals surface area contributed by atoms with Crippen LogP contribution in [-0.4, -0.2) is 41.3 Å². The Morgan fingerprint density at radius 3 is 2.95 bits per heavy atom. The summed E-state index contributed by atoms with van der Waals surface area (Å²) in [4.78, 5) is 21.2. The molecule has 0 unspecified atom stereocenters. The third kappa shape index (κ3) is 2.78. The van der Waals surface area contributed by atoms with E-state index in [9.17, 15) is 9.18 Å². The number of nitrogens with zero attached hydrogens (tertiary/aromatic N) is 3. The number of carbonyl (C=O) groups is 1. The molecule has 0 atom stereocenters. The number of alkyl halides is 1. The van der Waals surface area contributed by atoms with Gasteiger partial charge in [0.2, 0.25) is 5.95 Å². The van der Waals surface area contributed by atoms with Crippen LogP contribution >= 0.6 is 0 Å². The summed E-state index contributed by atoms with van der Waals surface area (Å²) in [5, 5.41) is 9.57.